The van der Waals surface area contributed by atoms with Crippen molar-refractivity contribution in [1.82, 2.24) is 4.90 Å². The highest BCUT2D eigenvalue weighted by atomic mass is 16.5. The smallest absolute Gasteiger partial charge is 0.320 e. The minimum absolute atomic E-state index is 0.404. The Bertz CT molecular complexity index is 930. The molecule has 2 aromatic rings. The van der Waals surface area contributed by atoms with E-state index in [9.17, 15) is 9.90 Å². The van der Waals surface area contributed by atoms with Crippen LogP contribution in [0, 0.1) is 0 Å². The molecule has 8 heteroatoms. The molecule has 2 atom stereocenters. The highest BCUT2D eigenvalue weighted by molar-refractivity contribution is 5.74. The second kappa shape index (κ2) is 9.78. The van der Waals surface area contributed by atoms with Gasteiger partial charge in [0, 0.05) is 18.2 Å². The zero-order valence-corrected chi connectivity index (χ0v) is 18.5. The second-order valence-corrected chi connectivity index (χ2v) is 7.20. The summed E-state index contributed by atoms with van der Waals surface area (Å²) < 4.78 is 27.5. The van der Waals surface area contributed by atoms with E-state index in [2.05, 4.69) is 0 Å². The van der Waals surface area contributed by atoms with Crippen molar-refractivity contribution in [3.05, 3.63) is 41.5 Å². The fourth-order valence-corrected chi connectivity index (χ4v) is 4.20. The number of benzene rings is 2. The maximum atomic E-state index is 12.0. The molecular weight excluding hydrogens is 402 g/mol. The van der Waals surface area contributed by atoms with Crippen molar-refractivity contribution in [3.8, 4) is 28.7 Å². The number of rotatable bonds is 9. The van der Waals surface area contributed by atoms with Crippen LogP contribution in [-0.2, 0) is 4.79 Å². The van der Waals surface area contributed by atoms with Crippen LogP contribution in [0.2, 0.25) is 0 Å². The first-order valence-electron chi connectivity index (χ1n) is 9.99. The number of hydrogen-bond donors (Lipinski definition) is 1. The number of carboxylic acid groups (broad SMARTS) is 1. The summed E-state index contributed by atoms with van der Waals surface area (Å²) in [4.78, 5) is 14.0. The highest BCUT2D eigenvalue weighted by Crippen LogP contribution is 2.45. The zero-order chi connectivity index (χ0) is 22.5. The Morgan fingerprint density at radius 3 is 2.03 bits per heavy atom. The summed E-state index contributed by atoms with van der Waals surface area (Å²) in [6, 6.07) is 8.19. The Labute approximate surface area is 182 Å². The summed E-state index contributed by atoms with van der Waals surface area (Å²) in [5, 5.41) is 9.86. The lowest BCUT2D eigenvalue weighted by Gasteiger charge is -2.33. The first kappa shape index (κ1) is 22.6. The standard InChI is InChI=1S/C23H29NO7/c1-27-17-9-8-14(11-19(17)29-3)22(24-10-6-7-16(24)23(25)26)15-12-20(30-4)21(31-5)13-18(15)28-2/h8-9,11-13,16,22H,6-7,10H2,1-5H3,(H,25,26). The van der Waals surface area contributed by atoms with Crippen LogP contribution < -0.4 is 23.7 Å². The molecule has 1 N–H and O–H groups in total. The molecule has 0 radical (unpaired) electrons. The maximum absolute atomic E-state index is 12.0. The average molecular weight is 431 g/mol. The topological polar surface area (TPSA) is 86.7 Å². The number of nitrogens with zero attached hydrogens (tertiary/aromatic N) is 1. The van der Waals surface area contributed by atoms with Gasteiger partial charge in [0.15, 0.2) is 23.0 Å². The van der Waals surface area contributed by atoms with Gasteiger partial charge in [-0.05, 0) is 36.6 Å². The minimum Gasteiger partial charge on any atom is -0.496 e. The fraction of sp³-hybridized carbons (Fsp3) is 0.435. The molecule has 3 rings (SSSR count). The van der Waals surface area contributed by atoms with Gasteiger partial charge in [-0.1, -0.05) is 6.07 Å². The first-order valence-corrected chi connectivity index (χ1v) is 9.99. The third kappa shape index (κ3) is 4.34. The molecule has 31 heavy (non-hydrogen) atoms. The van der Waals surface area contributed by atoms with Gasteiger partial charge >= 0.3 is 5.97 Å². The molecule has 1 aliphatic rings. The van der Waals surface area contributed by atoms with Gasteiger partial charge in [0.25, 0.3) is 0 Å². The van der Waals surface area contributed by atoms with E-state index >= 15 is 0 Å². The fourth-order valence-electron chi connectivity index (χ4n) is 4.20. The van der Waals surface area contributed by atoms with Crippen molar-refractivity contribution in [2.45, 2.75) is 24.9 Å². The molecule has 0 spiro atoms. The lowest BCUT2D eigenvalue weighted by molar-refractivity contribution is -0.142. The van der Waals surface area contributed by atoms with Gasteiger partial charge in [-0.15, -0.1) is 0 Å². The van der Waals surface area contributed by atoms with Crippen LogP contribution in [0.25, 0.3) is 0 Å². The van der Waals surface area contributed by atoms with E-state index in [-0.39, 0.29) is 0 Å². The van der Waals surface area contributed by atoms with E-state index in [0.717, 1.165) is 17.5 Å². The SMILES string of the molecule is COc1ccc(C(c2cc(OC)c(OC)cc2OC)N2CCCC2C(=O)O)cc1OC. The van der Waals surface area contributed by atoms with Gasteiger partial charge in [0.05, 0.1) is 41.6 Å². The first-order chi connectivity index (χ1) is 15.0. The van der Waals surface area contributed by atoms with Crippen LogP contribution in [-0.4, -0.2) is 64.1 Å². The van der Waals surface area contributed by atoms with Crippen molar-refractivity contribution < 1.29 is 33.6 Å². The Balaban J connectivity index is 2.24. The van der Waals surface area contributed by atoms with E-state index in [4.69, 9.17) is 23.7 Å². The molecule has 2 aromatic carbocycles. The summed E-state index contributed by atoms with van der Waals surface area (Å²) in [5.41, 5.74) is 1.64. The van der Waals surface area contributed by atoms with Crippen molar-refractivity contribution in [2.24, 2.45) is 0 Å². The quantitative estimate of drug-likeness (QED) is 0.647. The summed E-state index contributed by atoms with van der Waals surface area (Å²) in [5.74, 6) is 1.96. The molecule has 0 bridgehead atoms. The molecular formula is C23H29NO7. The highest BCUT2D eigenvalue weighted by Gasteiger charge is 2.38. The number of carbonyl (C=O) groups is 1. The molecule has 8 nitrogen and oxygen atoms in total. The van der Waals surface area contributed by atoms with E-state index in [1.807, 2.05) is 29.2 Å². The monoisotopic (exact) mass is 431 g/mol. The van der Waals surface area contributed by atoms with Gasteiger partial charge < -0.3 is 28.8 Å². The number of ether oxygens (including phenoxy) is 5. The molecule has 0 aliphatic carbocycles. The molecule has 1 saturated heterocycles. The predicted molar refractivity (Wildman–Crippen MR) is 115 cm³/mol. The molecule has 0 amide bonds. The van der Waals surface area contributed by atoms with Crippen LogP contribution in [0.1, 0.15) is 30.0 Å². The summed E-state index contributed by atoms with van der Waals surface area (Å²) in [7, 11) is 7.85. The van der Waals surface area contributed by atoms with Crippen LogP contribution in [0.5, 0.6) is 28.7 Å². The van der Waals surface area contributed by atoms with E-state index in [0.29, 0.717) is 41.7 Å². The normalized spacial score (nSPS) is 17.1. The molecule has 1 fully saturated rings. The molecule has 1 heterocycles. The lowest BCUT2D eigenvalue weighted by Crippen LogP contribution is -2.39. The Morgan fingerprint density at radius 1 is 0.871 bits per heavy atom. The largest absolute Gasteiger partial charge is 0.496 e. The maximum Gasteiger partial charge on any atom is 0.320 e. The molecule has 1 aliphatic heterocycles. The van der Waals surface area contributed by atoms with Gasteiger partial charge in [0.2, 0.25) is 0 Å². The van der Waals surface area contributed by atoms with Crippen molar-refractivity contribution in [2.75, 3.05) is 42.1 Å². The Hall–Kier alpha value is -3.13. The third-order valence-electron chi connectivity index (χ3n) is 5.66. The van der Waals surface area contributed by atoms with Gasteiger partial charge in [-0.25, -0.2) is 0 Å². The van der Waals surface area contributed by atoms with Crippen molar-refractivity contribution >= 4 is 5.97 Å². The Morgan fingerprint density at radius 2 is 1.45 bits per heavy atom. The second-order valence-electron chi connectivity index (χ2n) is 7.20. The van der Waals surface area contributed by atoms with Crippen molar-refractivity contribution in [3.63, 3.8) is 0 Å². The number of aliphatic carboxylic acids is 1. The molecule has 0 saturated carbocycles. The van der Waals surface area contributed by atoms with Crippen LogP contribution in [0.4, 0.5) is 0 Å². The number of methoxy groups -OCH3 is 5. The van der Waals surface area contributed by atoms with Crippen LogP contribution in [0.3, 0.4) is 0 Å². The van der Waals surface area contributed by atoms with Crippen LogP contribution >= 0.6 is 0 Å². The average Bonchev–Trinajstić information content (AvgIpc) is 3.28. The lowest BCUT2D eigenvalue weighted by atomic mass is 9.94. The van der Waals surface area contributed by atoms with E-state index in [1.54, 1.807) is 41.6 Å². The van der Waals surface area contributed by atoms with Crippen molar-refractivity contribution in [1.29, 1.82) is 0 Å². The van der Waals surface area contributed by atoms with E-state index in [1.165, 1.54) is 0 Å². The number of likely N-dealkylation sites (tertiary alicyclic amines) is 1. The molecule has 2 unspecified atom stereocenters. The summed E-state index contributed by atoms with van der Waals surface area (Å²) in [6.45, 7) is 0.632. The van der Waals surface area contributed by atoms with Gasteiger partial charge in [-0.2, -0.15) is 0 Å². The summed E-state index contributed by atoms with van der Waals surface area (Å²) >= 11 is 0. The molecule has 0 aromatic heterocycles. The van der Waals surface area contributed by atoms with Gasteiger partial charge in [0.1, 0.15) is 11.8 Å². The predicted octanol–water partition coefficient (Wildman–Crippen LogP) is 3.37. The van der Waals surface area contributed by atoms with Crippen LogP contribution in [0.15, 0.2) is 30.3 Å². The minimum atomic E-state index is -0.845. The van der Waals surface area contributed by atoms with E-state index < -0.39 is 18.1 Å². The number of carboxylic acids is 1. The summed E-state index contributed by atoms with van der Waals surface area (Å²) in [6.07, 6.45) is 1.37. The Kier molecular flexibility index (Phi) is 7.12. The molecule has 168 valence electrons. The zero-order valence-electron chi connectivity index (χ0n) is 18.5. The number of hydrogen-bond acceptors (Lipinski definition) is 7. The van der Waals surface area contributed by atoms with Gasteiger partial charge in [-0.3, -0.25) is 9.69 Å². The third-order valence-corrected chi connectivity index (χ3v) is 5.66.